The summed E-state index contributed by atoms with van der Waals surface area (Å²) in [5, 5.41) is 2.55. The third-order valence-electron chi connectivity index (χ3n) is 3.61. The molecule has 0 aliphatic carbocycles. The van der Waals surface area contributed by atoms with Gasteiger partial charge < -0.3 is 14.5 Å². The maximum Gasteiger partial charge on any atom is 0.291 e. The van der Waals surface area contributed by atoms with Crippen LogP contribution in [0.1, 0.15) is 16.1 Å². The van der Waals surface area contributed by atoms with Gasteiger partial charge in [0.2, 0.25) is 10.0 Å². The summed E-state index contributed by atoms with van der Waals surface area (Å²) in [6.45, 7) is 0.119. The van der Waals surface area contributed by atoms with Crippen molar-refractivity contribution in [3.05, 3.63) is 78.0 Å². The minimum atomic E-state index is -3.67. The summed E-state index contributed by atoms with van der Waals surface area (Å²) < 4.78 is 49.3. The quantitative estimate of drug-likeness (QED) is 0.627. The van der Waals surface area contributed by atoms with Gasteiger partial charge in [-0.1, -0.05) is 18.2 Å². The van der Waals surface area contributed by atoms with Gasteiger partial charge in [-0.25, -0.2) is 12.8 Å². The molecule has 0 unspecified atom stereocenters. The fraction of sp³-hybridized carbons (Fsp3) is 0.105. The van der Waals surface area contributed by atoms with Gasteiger partial charge in [0.1, 0.15) is 18.2 Å². The highest BCUT2D eigenvalue weighted by Gasteiger charge is 2.17. The Bertz CT molecular complexity index is 1080. The van der Waals surface area contributed by atoms with E-state index in [1.165, 1.54) is 18.4 Å². The number of carbonyl (C=O) groups excluding carboxylic acids is 1. The molecule has 0 bridgehead atoms. The van der Waals surface area contributed by atoms with Crippen LogP contribution in [0.25, 0.3) is 0 Å². The molecule has 0 aliphatic heterocycles. The summed E-state index contributed by atoms with van der Waals surface area (Å²) in [5.41, 5.74) is 0.453. The van der Waals surface area contributed by atoms with E-state index >= 15 is 0 Å². The number of amides is 1. The van der Waals surface area contributed by atoms with Crippen molar-refractivity contribution in [1.82, 2.24) is 0 Å². The lowest BCUT2D eigenvalue weighted by molar-refractivity contribution is 0.0993. The number of nitrogens with one attached hydrogen (secondary N) is 2. The van der Waals surface area contributed by atoms with Crippen molar-refractivity contribution in [3.8, 4) is 5.75 Å². The Hall–Kier alpha value is -3.33. The summed E-state index contributed by atoms with van der Waals surface area (Å²) >= 11 is 0. The fourth-order valence-corrected chi connectivity index (χ4v) is 2.95. The zero-order valence-corrected chi connectivity index (χ0v) is 15.6. The van der Waals surface area contributed by atoms with Crippen LogP contribution in [0.4, 0.5) is 15.8 Å². The monoisotopic (exact) mass is 404 g/mol. The third kappa shape index (κ3) is 5.10. The Labute approximate surface area is 161 Å². The zero-order valence-electron chi connectivity index (χ0n) is 14.8. The van der Waals surface area contributed by atoms with Crippen molar-refractivity contribution in [2.24, 2.45) is 0 Å². The number of benzene rings is 2. The molecular formula is C19H17FN2O5S. The lowest BCUT2D eigenvalue weighted by Crippen LogP contribution is -2.15. The van der Waals surface area contributed by atoms with Crippen molar-refractivity contribution in [1.29, 1.82) is 0 Å². The van der Waals surface area contributed by atoms with Crippen LogP contribution in [-0.4, -0.2) is 20.6 Å². The fourth-order valence-electron chi connectivity index (χ4n) is 2.40. The first kappa shape index (κ1) is 19.4. The van der Waals surface area contributed by atoms with Crippen molar-refractivity contribution >= 4 is 27.3 Å². The predicted molar refractivity (Wildman–Crippen MR) is 102 cm³/mol. The van der Waals surface area contributed by atoms with E-state index in [-0.39, 0.29) is 23.7 Å². The molecule has 0 radical (unpaired) electrons. The number of carbonyl (C=O) groups is 1. The second kappa shape index (κ2) is 8.13. The second-order valence-electron chi connectivity index (χ2n) is 5.90. The first-order chi connectivity index (χ1) is 13.3. The molecule has 0 fully saturated rings. The highest BCUT2D eigenvalue weighted by atomic mass is 32.2. The van der Waals surface area contributed by atoms with Gasteiger partial charge in [0.05, 0.1) is 18.2 Å². The van der Waals surface area contributed by atoms with E-state index < -0.39 is 21.7 Å². The molecule has 1 aromatic heterocycles. The average Bonchev–Trinajstić information content (AvgIpc) is 3.11. The van der Waals surface area contributed by atoms with Gasteiger partial charge in [0.15, 0.2) is 5.76 Å². The Kier molecular flexibility index (Phi) is 5.65. The van der Waals surface area contributed by atoms with Crippen LogP contribution >= 0.6 is 0 Å². The highest BCUT2D eigenvalue weighted by Crippen LogP contribution is 2.22. The molecule has 0 saturated carbocycles. The molecule has 7 nitrogen and oxygen atoms in total. The summed E-state index contributed by atoms with van der Waals surface area (Å²) in [7, 11) is -3.67. The van der Waals surface area contributed by atoms with Crippen molar-refractivity contribution < 1.29 is 26.8 Å². The highest BCUT2D eigenvalue weighted by molar-refractivity contribution is 7.92. The van der Waals surface area contributed by atoms with Gasteiger partial charge in [-0.15, -0.1) is 0 Å². The Morgan fingerprint density at radius 3 is 2.61 bits per heavy atom. The lowest BCUT2D eigenvalue weighted by Gasteiger charge is -2.10. The minimum absolute atomic E-state index is 0.0397. The number of ether oxygens (including phenoxy) is 1. The topological polar surface area (TPSA) is 97.6 Å². The molecule has 1 amide bonds. The first-order valence-corrected chi connectivity index (χ1v) is 10.0. The molecular weight excluding hydrogens is 387 g/mol. The van der Waals surface area contributed by atoms with E-state index in [4.69, 9.17) is 9.15 Å². The van der Waals surface area contributed by atoms with Crippen LogP contribution in [-0.2, 0) is 16.6 Å². The molecule has 0 spiro atoms. The van der Waals surface area contributed by atoms with Crippen molar-refractivity contribution in [2.75, 3.05) is 16.3 Å². The number of furan rings is 1. The van der Waals surface area contributed by atoms with E-state index in [0.717, 1.165) is 12.3 Å². The van der Waals surface area contributed by atoms with Crippen LogP contribution in [0.2, 0.25) is 0 Å². The van der Waals surface area contributed by atoms with Gasteiger partial charge in [-0.2, -0.15) is 0 Å². The zero-order chi connectivity index (χ0) is 20.1. The lowest BCUT2D eigenvalue weighted by atomic mass is 10.2. The van der Waals surface area contributed by atoms with Crippen LogP contribution in [0.5, 0.6) is 5.75 Å². The Morgan fingerprint density at radius 1 is 1.14 bits per heavy atom. The van der Waals surface area contributed by atoms with Crippen molar-refractivity contribution in [3.63, 3.8) is 0 Å². The van der Waals surface area contributed by atoms with Gasteiger partial charge >= 0.3 is 0 Å². The number of rotatable bonds is 7. The summed E-state index contributed by atoms with van der Waals surface area (Å²) in [5.74, 6) is -0.657. The number of anilines is 2. The molecule has 0 atom stereocenters. The Morgan fingerprint density at radius 2 is 1.89 bits per heavy atom. The summed E-state index contributed by atoms with van der Waals surface area (Å²) in [6, 6.07) is 14.2. The number of para-hydroxylation sites is 1. The number of halogens is 1. The average molecular weight is 404 g/mol. The summed E-state index contributed by atoms with van der Waals surface area (Å²) in [6.07, 6.45) is 2.26. The van der Waals surface area contributed by atoms with Crippen LogP contribution in [0.3, 0.4) is 0 Å². The molecule has 0 aliphatic rings. The van der Waals surface area contributed by atoms with E-state index in [2.05, 4.69) is 10.0 Å². The maximum atomic E-state index is 13.8. The standard InChI is InChI=1S/C19H17FN2O5S/c1-28(24,25)22-17-11-14(7-8-16(17)20)21-19(23)18-13(9-10-26-18)12-27-15-5-3-2-4-6-15/h2-11,22H,12H2,1H3,(H,21,23). The molecule has 28 heavy (non-hydrogen) atoms. The molecule has 2 aromatic carbocycles. The Balaban J connectivity index is 1.72. The van der Waals surface area contributed by atoms with E-state index in [1.54, 1.807) is 18.2 Å². The molecule has 2 N–H and O–H groups in total. The van der Waals surface area contributed by atoms with Crippen LogP contribution in [0, 0.1) is 5.82 Å². The predicted octanol–water partition coefficient (Wildman–Crippen LogP) is 3.62. The maximum absolute atomic E-state index is 13.8. The van der Waals surface area contributed by atoms with Crippen LogP contribution in [0.15, 0.2) is 65.3 Å². The van der Waals surface area contributed by atoms with Crippen molar-refractivity contribution in [2.45, 2.75) is 6.61 Å². The molecule has 0 saturated heterocycles. The van der Waals surface area contributed by atoms with Crippen LogP contribution < -0.4 is 14.8 Å². The normalized spacial score (nSPS) is 11.1. The second-order valence-corrected chi connectivity index (χ2v) is 7.65. The molecule has 146 valence electrons. The first-order valence-electron chi connectivity index (χ1n) is 8.15. The summed E-state index contributed by atoms with van der Waals surface area (Å²) in [4.78, 5) is 12.5. The van der Waals surface area contributed by atoms with Gasteiger partial charge in [0, 0.05) is 11.3 Å². The number of hydrogen-bond acceptors (Lipinski definition) is 5. The smallest absolute Gasteiger partial charge is 0.291 e. The van der Waals surface area contributed by atoms with Gasteiger partial charge in [-0.3, -0.25) is 9.52 Å². The van der Waals surface area contributed by atoms with E-state index in [1.807, 2.05) is 18.2 Å². The molecule has 9 heteroatoms. The molecule has 3 aromatic rings. The largest absolute Gasteiger partial charge is 0.489 e. The number of sulfonamides is 1. The molecule has 1 heterocycles. The van der Waals surface area contributed by atoms with Gasteiger partial charge in [0.25, 0.3) is 5.91 Å². The molecule has 3 rings (SSSR count). The SMILES string of the molecule is CS(=O)(=O)Nc1cc(NC(=O)c2occc2COc2ccccc2)ccc1F. The third-order valence-corrected chi connectivity index (χ3v) is 4.20. The van der Waals surface area contributed by atoms with E-state index in [9.17, 15) is 17.6 Å². The minimum Gasteiger partial charge on any atom is -0.489 e. The number of hydrogen-bond donors (Lipinski definition) is 2. The van der Waals surface area contributed by atoms with E-state index in [0.29, 0.717) is 11.3 Å². The van der Waals surface area contributed by atoms with Gasteiger partial charge in [-0.05, 0) is 36.4 Å².